The Morgan fingerprint density at radius 3 is 2.73 bits per heavy atom. The molecule has 1 unspecified atom stereocenters. The van der Waals surface area contributed by atoms with Gasteiger partial charge in [0.15, 0.2) is 5.82 Å². The Morgan fingerprint density at radius 2 is 1.94 bits per heavy atom. The standard InChI is InChI=1S/C26H32N6O/c1-17(33)29-11-12-31-24(16-29)26(28-25(31)18-4-5-18)30-10-2-3-20-13-19(6-9-23(20)30)21-14-27-32(15-21)22-7-8-22/h6,9,13-15,17-18,22,33H,2-5,7-8,10-12,16H2,1H3. The molecule has 2 fully saturated rings. The van der Waals surface area contributed by atoms with Gasteiger partial charge in [-0.2, -0.15) is 5.10 Å². The summed E-state index contributed by atoms with van der Waals surface area (Å²) in [6.07, 6.45) is 11.0. The van der Waals surface area contributed by atoms with Crippen LogP contribution in [0.25, 0.3) is 11.1 Å². The monoisotopic (exact) mass is 444 g/mol. The third kappa shape index (κ3) is 3.40. The molecule has 172 valence electrons. The number of aromatic nitrogens is 4. The lowest BCUT2D eigenvalue weighted by Gasteiger charge is -2.34. The molecule has 0 saturated heterocycles. The molecule has 3 aromatic rings. The molecular weight excluding hydrogens is 412 g/mol. The Hall–Kier alpha value is -2.64. The van der Waals surface area contributed by atoms with Crippen LogP contribution in [0.3, 0.4) is 0 Å². The van der Waals surface area contributed by atoms with Crippen molar-refractivity contribution in [3.05, 3.63) is 47.7 Å². The van der Waals surface area contributed by atoms with Crippen molar-refractivity contribution in [3.63, 3.8) is 0 Å². The predicted octanol–water partition coefficient (Wildman–Crippen LogP) is 4.20. The van der Waals surface area contributed by atoms with Gasteiger partial charge in [-0.25, -0.2) is 4.98 Å². The number of aryl methyl sites for hydroxylation is 1. The van der Waals surface area contributed by atoms with Crippen molar-refractivity contribution >= 4 is 11.5 Å². The maximum Gasteiger partial charge on any atom is 0.156 e. The number of rotatable bonds is 5. The molecule has 7 rings (SSSR count). The number of benzene rings is 1. The first-order valence-electron chi connectivity index (χ1n) is 12.6. The highest BCUT2D eigenvalue weighted by Crippen LogP contribution is 2.45. The van der Waals surface area contributed by atoms with Gasteiger partial charge in [-0.1, -0.05) is 6.07 Å². The van der Waals surface area contributed by atoms with Gasteiger partial charge in [0.1, 0.15) is 12.1 Å². The first kappa shape index (κ1) is 19.8. The summed E-state index contributed by atoms with van der Waals surface area (Å²) in [6, 6.07) is 7.51. The normalized spacial score (nSPS) is 21.7. The number of fused-ring (bicyclic) bond motifs is 2. The van der Waals surface area contributed by atoms with Gasteiger partial charge in [0.05, 0.1) is 17.9 Å². The summed E-state index contributed by atoms with van der Waals surface area (Å²) >= 11 is 0. The van der Waals surface area contributed by atoms with E-state index in [9.17, 15) is 5.11 Å². The Bertz CT molecular complexity index is 1200. The summed E-state index contributed by atoms with van der Waals surface area (Å²) in [5, 5.41) is 14.8. The second kappa shape index (κ2) is 7.43. The van der Waals surface area contributed by atoms with Gasteiger partial charge >= 0.3 is 0 Å². The molecule has 2 saturated carbocycles. The average molecular weight is 445 g/mol. The Balaban J connectivity index is 1.26. The zero-order chi connectivity index (χ0) is 22.1. The van der Waals surface area contributed by atoms with Gasteiger partial charge in [0.2, 0.25) is 0 Å². The first-order chi connectivity index (χ1) is 16.2. The number of imidazole rings is 1. The Kier molecular flexibility index (Phi) is 4.46. The first-order valence-corrected chi connectivity index (χ1v) is 12.6. The van der Waals surface area contributed by atoms with Crippen LogP contribution in [-0.4, -0.2) is 48.7 Å². The van der Waals surface area contributed by atoms with E-state index >= 15 is 0 Å². The molecule has 7 nitrogen and oxygen atoms in total. The third-order valence-electron chi connectivity index (χ3n) is 7.83. The number of aliphatic hydroxyl groups is 1. The van der Waals surface area contributed by atoms with Crippen molar-refractivity contribution in [1.82, 2.24) is 24.2 Å². The van der Waals surface area contributed by atoms with Crippen LogP contribution in [0, 0.1) is 0 Å². The van der Waals surface area contributed by atoms with Gasteiger partial charge < -0.3 is 14.6 Å². The summed E-state index contributed by atoms with van der Waals surface area (Å²) in [5.41, 5.74) is 6.43. The van der Waals surface area contributed by atoms with E-state index < -0.39 is 6.23 Å². The number of hydrogen-bond acceptors (Lipinski definition) is 5. The molecule has 4 aliphatic rings. The summed E-state index contributed by atoms with van der Waals surface area (Å²) in [4.78, 5) is 9.85. The van der Waals surface area contributed by atoms with Crippen molar-refractivity contribution in [2.45, 2.75) is 76.7 Å². The zero-order valence-electron chi connectivity index (χ0n) is 19.3. The van der Waals surface area contributed by atoms with E-state index in [1.165, 1.54) is 59.6 Å². The largest absolute Gasteiger partial charge is 0.379 e. The van der Waals surface area contributed by atoms with E-state index in [0.717, 1.165) is 44.8 Å². The van der Waals surface area contributed by atoms with Crippen LogP contribution < -0.4 is 4.90 Å². The molecule has 0 amide bonds. The minimum Gasteiger partial charge on any atom is -0.379 e. The summed E-state index contributed by atoms with van der Waals surface area (Å²) in [5.74, 6) is 2.99. The molecule has 1 atom stereocenters. The van der Waals surface area contributed by atoms with Crippen LogP contribution >= 0.6 is 0 Å². The van der Waals surface area contributed by atoms with Crippen LogP contribution in [0.5, 0.6) is 0 Å². The van der Waals surface area contributed by atoms with Crippen LogP contribution in [0.15, 0.2) is 30.6 Å². The second-order valence-corrected chi connectivity index (χ2v) is 10.3. The average Bonchev–Trinajstić information content (AvgIpc) is 3.78. The zero-order valence-corrected chi connectivity index (χ0v) is 19.3. The van der Waals surface area contributed by atoms with Gasteiger partial charge in [0.25, 0.3) is 0 Å². The number of anilines is 2. The highest BCUT2D eigenvalue weighted by molar-refractivity contribution is 5.73. The molecule has 2 aromatic heterocycles. The molecule has 0 bridgehead atoms. The molecule has 0 radical (unpaired) electrons. The fourth-order valence-corrected chi connectivity index (χ4v) is 5.61. The second-order valence-electron chi connectivity index (χ2n) is 10.3. The Labute approximate surface area is 194 Å². The molecular formula is C26H32N6O. The summed E-state index contributed by atoms with van der Waals surface area (Å²) in [7, 11) is 0. The van der Waals surface area contributed by atoms with Crippen molar-refractivity contribution in [2.24, 2.45) is 0 Å². The summed E-state index contributed by atoms with van der Waals surface area (Å²) < 4.78 is 4.59. The highest BCUT2D eigenvalue weighted by Gasteiger charge is 2.36. The van der Waals surface area contributed by atoms with Gasteiger partial charge in [-0.05, 0) is 68.7 Å². The quantitative estimate of drug-likeness (QED) is 0.639. The van der Waals surface area contributed by atoms with Crippen LogP contribution in [-0.2, 0) is 19.5 Å². The molecule has 1 N–H and O–H groups in total. The van der Waals surface area contributed by atoms with Crippen molar-refractivity contribution < 1.29 is 5.11 Å². The van der Waals surface area contributed by atoms with Crippen LogP contribution in [0.2, 0.25) is 0 Å². The third-order valence-corrected chi connectivity index (χ3v) is 7.83. The lowest BCUT2D eigenvalue weighted by molar-refractivity contribution is 0.000791. The molecule has 2 aliphatic heterocycles. The van der Waals surface area contributed by atoms with Crippen molar-refractivity contribution in [2.75, 3.05) is 18.0 Å². The SMILES string of the molecule is CC(O)N1CCn2c(C3CC3)nc(N3CCCc4cc(-c5cnn(C6CC6)c5)ccc43)c2C1. The minimum atomic E-state index is -0.432. The minimum absolute atomic E-state index is 0.432. The maximum absolute atomic E-state index is 10.2. The van der Waals surface area contributed by atoms with Crippen molar-refractivity contribution in [1.29, 1.82) is 0 Å². The maximum atomic E-state index is 10.2. The topological polar surface area (TPSA) is 62.4 Å². The van der Waals surface area contributed by atoms with Gasteiger partial charge in [-0.3, -0.25) is 9.58 Å². The molecule has 1 aromatic carbocycles. The number of nitrogens with zero attached hydrogens (tertiary/aromatic N) is 6. The lowest BCUT2D eigenvalue weighted by atomic mass is 9.97. The number of hydrogen-bond donors (Lipinski definition) is 1. The molecule has 33 heavy (non-hydrogen) atoms. The fourth-order valence-electron chi connectivity index (χ4n) is 5.61. The summed E-state index contributed by atoms with van der Waals surface area (Å²) in [6.45, 7) is 5.43. The fraction of sp³-hybridized carbons (Fsp3) is 0.538. The van der Waals surface area contributed by atoms with Crippen molar-refractivity contribution in [3.8, 4) is 11.1 Å². The van der Waals surface area contributed by atoms with Crippen LogP contribution in [0.1, 0.15) is 68.1 Å². The molecule has 4 heterocycles. The van der Waals surface area contributed by atoms with Gasteiger partial charge in [0, 0.05) is 49.5 Å². The molecule has 2 aliphatic carbocycles. The van der Waals surface area contributed by atoms with E-state index in [4.69, 9.17) is 4.98 Å². The van der Waals surface area contributed by atoms with Gasteiger partial charge in [-0.15, -0.1) is 0 Å². The van der Waals surface area contributed by atoms with E-state index in [-0.39, 0.29) is 0 Å². The smallest absolute Gasteiger partial charge is 0.156 e. The van der Waals surface area contributed by atoms with E-state index in [1.807, 2.05) is 13.1 Å². The van der Waals surface area contributed by atoms with E-state index in [0.29, 0.717) is 12.0 Å². The number of aliphatic hydroxyl groups excluding tert-OH is 1. The highest BCUT2D eigenvalue weighted by atomic mass is 16.3. The molecule has 7 heteroatoms. The molecule has 0 spiro atoms. The lowest BCUT2D eigenvalue weighted by Crippen LogP contribution is -2.40. The Morgan fingerprint density at radius 1 is 1.06 bits per heavy atom. The van der Waals surface area contributed by atoms with E-state index in [2.05, 4.69) is 48.5 Å². The van der Waals surface area contributed by atoms with E-state index in [1.54, 1.807) is 0 Å². The van der Waals surface area contributed by atoms with Crippen LogP contribution in [0.4, 0.5) is 11.5 Å². The predicted molar refractivity (Wildman–Crippen MR) is 128 cm³/mol.